The Morgan fingerprint density at radius 1 is 1.42 bits per heavy atom. The maximum atomic E-state index is 9.24. The van der Waals surface area contributed by atoms with Gasteiger partial charge in [0.2, 0.25) is 0 Å². The van der Waals surface area contributed by atoms with E-state index in [1.807, 2.05) is 42.1 Å². The first-order chi connectivity index (χ1) is 9.26. The van der Waals surface area contributed by atoms with Gasteiger partial charge < -0.3 is 5.32 Å². The van der Waals surface area contributed by atoms with E-state index in [4.69, 9.17) is 0 Å². The van der Waals surface area contributed by atoms with Crippen molar-refractivity contribution in [3.8, 4) is 6.07 Å². The number of nitrogens with zero attached hydrogens (tertiary/aromatic N) is 2. The van der Waals surface area contributed by atoms with Crippen LogP contribution in [0.3, 0.4) is 0 Å². The van der Waals surface area contributed by atoms with Crippen LogP contribution < -0.4 is 5.32 Å². The molecule has 19 heavy (non-hydrogen) atoms. The molecule has 1 fully saturated rings. The van der Waals surface area contributed by atoms with Gasteiger partial charge in [-0.05, 0) is 31.2 Å². The van der Waals surface area contributed by atoms with E-state index in [0.717, 1.165) is 17.4 Å². The van der Waals surface area contributed by atoms with Crippen molar-refractivity contribution < 1.29 is 0 Å². The molecular weight excluding hydrogens is 254 g/mol. The summed E-state index contributed by atoms with van der Waals surface area (Å²) in [5, 5.41) is 13.6. The fourth-order valence-electron chi connectivity index (χ4n) is 2.17. The molecule has 1 heterocycles. The third-order valence-electron chi connectivity index (χ3n) is 3.66. The molecule has 0 unspecified atom stereocenters. The third kappa shape index (κ3) is 2.39. The van der Waals surface area contributed by atoms with E-state index in [0.29, 0.717) is 16.1 Å². The molecule has 1 aromatic heterocycles. The predicted octanol–water partition coefficient (Wildman–Crippen LogP) is 3.41. The molecule has 1 aliphatic rings. The van der Waals surface area contributed by atoms with Crippen molar-refractivity contribution in [1.82, 2.24) is 4.98 Å². The summed E-state index contributed by atoms with van der Waals surface area (Å²) >= 11 is 1.90. The molecule has 0 saturated heterocycles. The number of hydrogen-bond acceptors (Lipinski definition) is 4. The smallest absolute Gasteiger partial charge is 0.144 e. The van der Waals surface area contributed by atoms with Gasteiger partial charge in [-0.15, -0.1) is 0 Å². The molecule has 0 radical (unpaired) electrons. The number of nitriles is 1. The molecule has 96 valence electrons. The lowest BCUT2D eigenvalue weighted by Gasteiger charge is -2.14. The highest BCUT2D eigenvalue weighted by Gasteiger charge is 2.41. The summed E-state index contributed by atoms with van der Waals surface area (Å²) in [6.45, 7) is 0.883. The van der Waals surface area contributed by atoms with Crippen molar-refractivity contribution in [2.75, 3.05) is 18.1 Å². The van der Waals surface area contributed by atoms with Gasteiger partial charge in [0, 0.05) is 16.7 Å². The number of para-hydroxylation sites is 1. The van der Waals surface area contributed by atoms with Gasteiger partial charge >= 0.3 is 0 Å². The largest absolute Gasteiger partial charge is 0.368 e. The van der Waals surface area contributed by atoms with Gasteiger partial charge in [-0.1, -0.05) is 18.2 Å². The number of thioether (sulfide) groups is 1. The van der Waals surface area contributed by atoms with Crippen LogP contribution in [0.15, 0.2) is 30.3 Å². The quantitative estimate of drug-likeness (QED) is 0.924. The number of benzene rings is 1. The van der Waals surface area contributed by atoms with Crippen molar-refractivity contribution in [2.24, 2.45) is 0 Å². The number of pyridine rings is 1. The summed E-state index contributed by atoms with van der Waals surface area (Å²) in [6, 6.07) is 12.0. The Morgan fingerprint density at radius 3 is 2.89 bits per heavy atom. The highest BCUT2D eigenvalue weighted by Crippen LogP contribution is 2.47. The molecule has 1 aliphatic carbocycles. The van der Waals surface area contributed by atoms with Crippen LogP contribution in [-0.2, 0) is 0 Å². The molecule has 3 nitrogen and oxygen atoms in total. The Labute approximate surface area is 117 Å². The number of fused-ring (bicyclic) bond motifs is 1. The second-order valence-electron chi connectivity index (χ2n) is 4.93. The van der Waals surface area contributed by atoms with Gasteiger partial charge in [-0.2, -0.15) is 17.0 Å². The average Bonchev–Trinajstić information content (AvgIpc) is 3.24. The maximum absolute atomic E-state index is 9.24. The van der Waals surface area contributed by atoms with Crippen molar-refractivity contribution in [1.29, 1.82) is 5.26 Å². The highest BCUT2D eigenvalue weighted by molar-refractivity contribution is 8.00. The summed E-state index contributed by atoms with van der Waals surface area (Å²) in [5.41, 5.74) is 1.55. The minimum Gasteiger partial charge on any atom is -0.368 e. The summed E-state index contributed by atoms with van der Waals surface area (Å²) in [4.78, 5) is 4.57. The van der Waals surface area contributed by atoms with Gasteiger partial charge in [-0.3, -0.25) is 0 Å². The lowest BCUT2D eigenvalue weighted by Crippen LogP contribution is -2.18. The van der Waals surface area contributed by atoms with Crippen molar-refractivity contribution in [3.63, 3.8) is 0 Å². The van der Waals surface area contributed by atoms with Gasteiger partial charge in [0.1, 0.15) is 11.9 Å². The molecule has 0 amide bonds. The van der Waals surface area contributed by atoms with Crippen LogP contribution >= 0.6 is 11.8 Å². The summed E-state index contributed by atoms with van der Waals surface area (Å²) in [6.07, 6.45) is 4.64. The molecule has 4 heteroatoms. The van der Waals surface area contributed by atoms with Crippen molar-refractivity contribution in [2.45, 2.75) is 17.6 Å². The number of anilines is 1. The van der Waals surface area contributed by atoms with Crippen LogP contribution in [0.5, 0.6) is 0 Å². The highest BCUT2D eigenvalue weighted by atomic mass is 32.2. The SMILES string of the molecule is CSC1(CNc2nc3ccccc3cc2C#N)CC1. The van der Waals surface area contributed by atoms with Crippen LogP contribution in [0, 0.1) is 11.3 Å². The number of rotatable bonds is 4. The molecular formula is C15H15N3S. The van der Waals surface area contributed by atoms with Gasteiger partial charge in [0.05, 0.1) is 11.1 Å². The number of nitrogens with one attached hydrogen (secondary N) is 1. The summed E-state index contributed by atoms with van der Waals surface area (Å²) < 4.78 is 0.361. The second kappa shape index (κ2) is 4.75. The van der Waals surface area contributed by atoms with Crippen molar-refractivity contribution in [3.05, 3.63) is 35.9 Å². The Bertz CT molecular complexity index is 656. The Balaban J connectivity index is 1.91. The average molecular weight is 269 g/mol. The molecule has 0 atom stereocenters. The molecule has 1 aromatic carbocycles. The van der Waals surface area contributed by atoms with E-state index < -0.39 is 0 Å². The minimum atomic E-state index is 0.361. The van der Waals surface area contributed by atoms with Crippen LogP contribution in [0.1, 0.15) is 18.4 Å². The normalized spacial score (nSPS) is 16.0. The Hall–Kier alpha value is -1.73. The predicted molar refractivity (Wildman–Crippen MR) is 80.4 cm³/mol. The van der Waals surface area contributed by atoms with Gasteiger partial charge in [-0.25, -0.2) is 4.98 Å². The lowest BCUT2D eigenvalue weighted by molar-refractivity contribution is 0.941. The zero-order valence-corrected chi connectivity index (χ0v) is 11.6. The van der Waals surface area contributed by atoms with E-state index in [1.54, 1.807) is 0 Å². The fourth-order valence-corrected chi connectivity index (χ4v) is 2.90. The lowest BCUT2D eigenvalue weighted by atomic mass is 10.1. The van der Waals surface area contributed by atoms with Crippen LogP contribution in [0.25, 0.3) is 10.9 Å². The fraction of sp³-hybridized carbons (Fsp3) is 0.333. The van der Waals surface area contributed by atoms with E-state index in [2.05, 4.69) is 22.6 Å². The molecule has 1 N–H and O–H groups in total. The van der Waals surface area contributed by atoms with Gasteiger partial charge in [0.15, 0.2) is 0 Å². The molecule has 0 bridgehead atoms. The van der Waals surface area contributed by atoms with Crippen LogP contribution in [0.4, 0.5) is 5.82 Å². The topological polar surface area (TPSA) is 48.7 Å². The molecule has 3 rings (SSSR count). The Morgan fingerprint density at radius 2 is 2.21 bits per heavy atom. The summed E-state index contributed by atoms with van der Waals surface area (Å²) in [5.74, 6) is 0.710. The first-order valence-electron chi connectivity index (χ1n) is 6.35. The molecule has 2 aromatic rings. The second-order valence-corrected chi connectivity index (χ2v) is 6.20. The Kier molecular flexibility index (Phi) is 3.08. The molecule has 1 saturated carbocycles. The van der Waals surface area contributed by atoms with E-state index in [9.17, 15) is 5.26 Å². The van der Waals surface area contributed by atoms with Crippen LogP contribution in [0.2, 0.25) is 0 Å². The maximum Gasteiger partial charge on any atom is 0.144 e. The van der Waals surface area contributed by atoms with E-state index >= 15 is 0 Å². The van der Waals surface area contributed by atoms with Gasteiger partial charge in [0.25, 0.3) is 0 Å². The third-order valence-corrected chi connectivity index (χ3v) is 5.08. The number of aromatic nitrogens is 1. The minimum absolute atomic E-state index is 0.361. The zero-order valence-electron chi connectivity index (χ0n) is 10.8. The summed E-state index contributed by atoms with van der Waals surface area (Å²) in [7, 11) is 0. The first kappa shape index (κ1) is 12.3. The standard InChI is InChI=1S/C15H15N3S/c1-19-15(6-7-15)10-17-14-12(9-16)8-11-4-2-3-5-13(11)18-14/h2-5,8H,6-7,10H2,1H3,(H,17,18). The molecule has 0 spiro atoms. The van der Waals surface area contributed by atoms with E-state index in [1.165, 1.54) is 12.8 Å². The van der Waals surface area contributed by atoms with E-state index in [-0.39, 0.29) is 0 Å². The zero-order chi connectivity index (χ0) is 13.3. The first-order valence-corrected chi connectivity index (χ1v) is 7.58. The monoisotopic (exact) mass is 269 g/mol. The number of hydrogen-bond donors (Lipinski definition) is 1. The van der Waals surface area contributed by atoms with Crippen molar-refractivity contribution >= 4 is 28.5 Å². The molecule has 0 aliphatic heterocycles. The van der Waals surface area contributed by atoms with Crippen LogP contribution in [-0.4, -0.2) is 22.5 Å².